The third-order valence-corrected chi connectivity index (χ3v) is 3.88. The average molecular weight is 348 g/mol. The van der Waals surface area contributed by atoms with Gasteiger partial charge in [-0.3, -0.25) is 14.9 Å². The minimum Gasteiger partial charge on any atom is -0.494 e. The molecule has 126 valence electrons. The second-order valence-electron chi connectivity index (χ2n) is 5.44. The van der Waals surface area contributed by atoms with Crippen LogP contribution in [0.1, 0.15) is 35.7 Å². The van der Waals surface area contributed by atoms with Crippen LogP contribution in [0.4, 0.5) is 5.69 Å². The van der Waals surface area contributed by atoms with E-state index in [1.165, 1.54) is 12.1 Å². The number of carbonyl (C=O) groups excluding carboxylic acids is 1. The molecule has 2 rings (SSSR count). The van der Waals surface area contributed by atoms with Crippen LogP contribution in [0.5, 0.6) is 5.75 Å². The van der Waals surface area contributed by atoms with E-state index in [0.717, 1.165) is 12.8 Å². The molecule has 2 aromatic rings. The summed E-state index contributed by atoms with van der Waals surface area (Å²) in [6, 6.07) is 9.58. The van der Waals surface area contributed by atoms with Crippen molar-refractivity contribution in [2.45, 2.75) is 26.7 Å². The van der Waals surface area contributed by atoms with Gasteiger partial charge in [0.1, 0.15) is 5.75 Å². The lowest BCUT2D eigenvalue weighted by molar-refractivity contribution is -0.384. The van der Waals surface area contributed by atoms with Crippen molar-refractivity contribution in [1.82, 2.24) is 0 Å². The van der Waals surface area contributed by atoms with Crippen LogP contribution in [0.15, 0.2) is 36.4 Å². The standard InChI is InChI=1S/C18H18ClNO4/c1-3-4-9-24-14-6-8-16(18(19)21)17(11-14)15-7-5-13(20(22)23)10-12(15)2/h5-8,10-11H,3-4,9H2,1-2H3. The molecule has 0 aliphatic heterocycles. The first-order chi connectivity index (χ1) is 11.4. The molecule has 0 bridgehead atoms. The predicted molar refractivity (Wildman–Crippen MR) is 93.9 cm³/mol. The van der Waals surface area contributed by atoms with Gasteiger partial charge in [0.15, 0.2) is 0 Å². The quantitative estimate of drug-likeness (QED) is 0.301. The van der Waals surface area contributed by atoms with E-state index in [4.69, 9.17) is 16.3 Å². The van der Waals surface area contributed by atoms with Gasteiger partial charge in [0.05, 0.1) is 11.5 Å². The van der Waals surface area contributed by atoms with Gasteiger partial charge in [-0.2, -0.15) is 0 Å². The molecule has 0 aliphatic carbocycles. The number of halogens is 1. The maximum atomic E-state index is 11.7. The molecule has 5 nitrogen and oxygen atoms in total. The largest absolute Gasteiger partial charge is 0.494 e. The van der Waals surface area contributed by atoms with Crippen LogP contribution in [-0.4, -0.2) is 16.8 Å². The van der Waals surface area contributed by atoms with E-state index in [1.54, 1.807) is 31.2 Å². The molecular formula is C18H18ClNO4. The van der Waals surface area contributed by atoms with Crippen molar-refractivity contribution in [2.24, 2.45) is 0 Å². The van der Waals surface area contributed by atoms with Crippen LogP contribution in [0.25, 0.3) is 11.1 Å². The van der Waals surface area contributed by atoms with E-state index in [1.807, 2.05) is 0 Å². The highest BCUT2D eigenvalue weighted by atomic mass is 35.5. The Morgan fingerprint density at radius 1 is 1.21 bits per heavy atom. The molecule has 0 atom stereocenters. The zero-order valence-corrected chi connectivity index (χ0v) is 14.3. The molecule has 0 spiro atoms. The number of benzene rings is 2. The minimum absolute atomic E-state index is 0.00495. The van der Waals surface area contributed by atoms with Crippen molar-refractivity contribution < 1.29 is 14.5 Å². The normalized spacial score (nSPS) is 10.5. The van der Waals surface area contributed by atoms with E-state index < -0.39 is 10.2 Å². The molecule has 0 fully saturated rings. The van der Waals surface area contributed by atoms with Crippen LogP contribution in [0, 0.1) is 17.0 Å². The highest BCUT2D eigenvalue weighted by molar-refractivity contribution is 6.68. The van der Waals surface area contributed by atoms with Gasteiger partial charge in [0.25, 0.3) is 10.9 Å². The maximum absolute atomic E-state index is 11.7. The molecule has 0 unspecified atom stereocenters. The van der Waals surface area contributed by atoms with Gasteiger partial charge in [-0.1, -0.05) is 13.3 Å². The van der Waals surface area contributed by atoms with E-state index in [-0.39, 0.29) is 5.69 Å². The number of nitro groups is 1. The van der Waals surface area contributed by atoms with Gasteiger partial charge in [-0.25, -0.2) is 0 Å². The number of nitrogens with zero attached hydrogens (tertiary/aromatic N) is 1. The number of aryl methyl sites for hydroxylation is 1. The molecular weight excluding hydrogens is 330 g/mol. The lowest BCUT2D eigenvalue weighted by Crippen LogP contribution is -2.00. The van der Waals surface area contributed by atoms with Crippen LogP contribution in [0.3, 0.4) is 0 Å². The summed E-state index contributed by atoms with van der Waals surface area (Å²) in [5.74, 6) is 0.637. The van der Waals surface area contributed by atoms with Crippen molar-refractivity contribution in [3.05, 3.63) is 57.6 Å². The zero-order valence-electron chi connectivity index (χ0n) is 13.5. The number of carbonyl (C=O) groups is 1. The highest BCUT2D eigenvalue weighted by Crippen LogP contribution is 2.33. The first-order valence-electron chi connectivity index (χ1n) is 7.66. The average Bonchev–Trinajstić information content (AvgIpc) is 2.54. The van der Waals surface area contributed by atoms with Crippen LogP contribution < -0.4 is 4.74 Å². The molecule has 24 heavy (non-hydrogen) atoms. The number of rotatable bonds is 7. The minimum atomic E-state index is -0.581. The predicted octanol–water partition coefficient (Wildman–Crippen LogP) is 5.13. The van der Waals surface area contributed by atoms with Crippen molar-refractivity contribution in [2.75, 3.05) is 6.61 Å². The Hall–Kier alpha value is -2.40. The van der Waals surface area contributed by atoms with E-state index in [2.05, 4.69) is 6.92 Å². The van der Waals surface area contributed by atoms with Crippen LogP contribution in [-0.2, 0) is 0 Å². The lowest BCUT2D eigenvalue weighted by Gasteiger charge is -2.13. The molecule has 0 saturated heterocycles. The van der Waals surface area contributed by atoms with Crippen molar-refractivity contribution >= 4 is 22.5 Å². The number of hydrogen-bond acceptors (Lipinski definition) is 4. The third kappa shape index (κ3) is 4.11. The molecule has 0 heterocycles. The fourth-order valence-electron chi connectivity index (χ4n) is 2.41. The molecule has 2 aromatic carbocycles. The molecule has 0 aromatic heterocycles. The van der Waals surface area contributed by atoms with Crippen LogP contribution in [0.2, 0.25) is 0 Å². The SMILES string of the molecule is CCCCOc1ccc(C(=O)Cl)c(-c2ccc([N+](=O)[O-])cc2C)c1. The van der Waals surface area contributed by atoms with Gasteiger partial charge in [0.2, 0.25) is 0 Å². The molecule has 0 saturated carbocycles. The fourth-order valence-corrected chi connectivity index (χ4v) is 2.57. The Kier molecular flexibility index (Phi) is 5.93. The van der Waals surface area contributed by atoms with Crippen molar-refractivity contribution in [3.63, 3.8) is 0 Å². The van der Waals surface area contributed by atoms with Crippen LogP contribution >= 0.6 is 11.6 Å². The van der Waals surface area contributed by atoms with Crippen molar-refractivity contribution in [3.8, 4) is 16.9 Å². The molecule has 0 aliphatic rings. The number of nitro benzene ring substituents is 1. The van der Waals surface area contributed by atoms with Gasteiger partial charge in [-0.05, 0) is 65.9 Å². The lowest BCUT2D eigenvalue weighted by atomic mass is 9.95. The first-order valence-corrected chi connectivity index (χ1v) is 8.04. The van der Waals surface area contributed by atoms with E-state index in [9.17, 15) is 14.9 Å². The van der Waals surface area contributed by atoms with E-state index in [0.29, 0.717) is 34.6 Å². The smallest absolute Gasteiger partial charge is 0.269 e. The third-order valence-electron chi connectivity index (χ3n) is 3.68. The maximum Gasteiger partial charge on any atom is 0.269 e. The Morgan fingerprint density at radius 3 is 2.54 bits per heavy atom. The highest BCUT2D eigenvalue weighted by Gasteiger charge is 2.16. The zero-order chi connectivity index (χ0) is 17.7. The summed E-state index contributed by atoms with van der Waals surface area (Å²) in [7, 11) is 0. The Bertz CT molecular complexity index is 774. The number of hydrogen-bond donors (Lipinski definition) is 0. The fraction of sp³-hybridized carbons (Fsp3) is 0.278. The summed E-state index contributed by atoms with van der Waals surface area (Å²) in [6.07, 6.45) is 1.95. The summed E-state index contributed by atoms with van der Waals surface area (Å²) in [5.41, 5.74) is 2.36. The van der Waals surface area contributed by atoms with Gasteiger partial charge in [-0.15, -0.1) is 0 Å². The number of non-ortho nitro benzene ring substituents is 1. The second-order valence-corrected chi connectivity index (χ2v) is 5.78. The Morgan fingerprint density at radius 2 is 1.96 bits per heavy atom. The van der Waals surface area contributed by atoms with Gasteiger partial charge in [0, 0.05) is 17.7 Å². The molecule has 0 radical (unpaired) electrons. The number of unbranched alkanes of at least 4 members (excludes halogenated alkanes) is 1. The summed E-state index contributed by atoms with van der Waals surface area (Å²) < 4.78 is 5.68. The van der Waals surface area contributed by atoms with Gasteiger partial charge >= 0.3 is 0 Å². The molecule has 0 N–H and O–H groups in total. The monoisotopic (exact) mass is 347 g/mol. The van der Waals surface area contributed by atoms with Crippen molar-refractivity contribution in [1.29, 1.82) is 0 Å². The summed E-state index contributed by atoms with van der Waals surface area (Å²) >= 11 is 5.68. The Balaban J connectivity index is 2.48. The Labute approximate surface area is 145 Å². The first kappa shape index (κ1) is 17.9. The summed E-state index contributed by atoms with van der Waals surface area (Å²) in [6.45, 7) is 4.42. The molecule has 0 amide bonds. The number of ether oxygens (including phenoxy) is 1. The summed E-state index contributed by atoms with van der Waals surface area (Å²) in [4.78, 5) is 22.2. The van der Waals surface area contributed by atoms with Gasteiger partial charge < -0.3 is 4.74 Å². The second kappa shape index (κ2) is 7.93. The van der Waals surface area contributed by atoms with E-state index >= 15 is 0 Å². The molecule has 6 heteroatoms. The summed E-state index contributed by atoms with van der Waals surface area (Å²) in [5, 5.41) is 10.3. The topological polar surface area (TPSA) is 69.4 Å².